The molecule has 1 aromatic carbocycles. The molecule has 4 nitrogen and oxygen atoms in total. The summed E-state index contributed by atoms with van der Waals surface area (Å²) in [6, 6.07) is 7.45. The Kier molecular flexibility index (Phi) is 3.90. The highest BCUT2D eigenvalue weighted by Crippen LogP contribution is 2.21. The fraction of sp³-hybridized carbons (Fsp3) is 0.286. The average molecular weight is 279 g/mol. The van der Waals surface area contributed by atoms with Crippen molar-refractivity contribution in [3.05, 3.63) is 52.3 Å². The lowest BCUT2D eigenvalue weighted by atomic mass is 10.1. The molecule has 1 N–H and O–H groups in total. The van der Waals surface area contributed by atoms with E-state index in [9.17, 15) is 4.79 Å². The molecule has 0 aliphatic carbocycles. The number of carbonyl (C=O) groups is 1. The van der Waals surface area contributed by atoms with Gasteiger partial charge in [-0.05, 0) is 23.6 Å². The Balaban J connectivity index is 2.35. The molecule has 0 saturated carbocycles. The van der Waals surface area contributed by atoms with Gasteiger partial charge in [0.2, 0.25) is 0 Å². The fourth-order valence-corrected chi connectivity index (χ4v) is 2.18. The predicted molar refractivity (Wildman–Crippen MR) is 73.8 cm³/mol. The topological polar surface area (TPSA) is 55.1 Å². The van der Waals surface area contributed by atoms with Gasteiger partial charge < -0.3 is 5.11 Å². The van der Waals surface area contributed by atoms with Crippen molar-refractivity contribution in [1.29, 1.82) is 0 Å². The molecule has 0 fully saturated rings. The van der Waals surface area contributed by atoms with Gasteiger partial charge in [-0.15, -0.1) is 0 Å². The molecule has 2 rings (SSSR count). The van der Waals surface area contributed by atoms with Gasteiger partial charge in [0.05, 0.1) is 18.4 Å². The van der Waals surface area contributed by atoms with Crippen LogP contribution in [0.2, 0.25) is 5.02 Å². The number of rotatable bonds is 4. The van der Waals surface area contributed by atoms with E-state index < -0.39 is 5.97 Å². The van der Waals surface area contributed by atoms with Crippen molar-refractivity contribution in [2.24, 2.45) is 0 Å². The zero-order chi connectivity index (χ0) is 14.0. The van der Waals surface area contributed by atoms with E-state index in [0.717, 1.165) is 11.3 Å². The second-order valence-corrected chi connectivity index (χ2v) is 5.12. The van der Waals surface area contributed by atoms with E-state index in [0.29, 0.717) is 11.6 Å². The van der Waals surface area contributed by atoms with Crippen LogP contribution in [0.3, 0.4) is 0 Å². The first kappa shape index (κ1) is 13.6. The summed E-state index contributed by atoms with van der Waals surface area (Å²) in [5, 5.41) is 14.0. The molecule has 1 aromatic heterocycles. The van der Waals surface area contributed by atoms with E-state index >= 15 is 0 Å². The number of nitrogens with zero attached hydrogens (tertiary/aromatic N) is 2. The van der Waals surface area contributed by atoms with Crippen LogP contribution in [0.1, 0.15) is 41.4 Å². The molecule has 0 aliphatic heterocycles. The van der Waals surface area contributed by atoms with E-state index in [-0.39, 0.29) is 11.5 Å². The van der Waals surface area contributed by atoms with Gasteiger partial charge >= 0.3 is 5.97 Å². The Bertz CT molecular complexity index is 588. The van der Waals surface area contributed by atoms with Gasteiger partial charge in [-0.25, -0.2) is 4.79 Å². The molecule has 0 saturated heterocycles. The van der Waals surface area contributed by atoms with Gasteiger partial charge in [0.1, 0.15) is 5.56 Å². The molecule has 0 atom stereocenters. The number of carboxylic acid groups (broad SMARTS) is 1. The lowest BCUT2D eigenvalue weighted by Crippen LogP contribution is -2.10. The lowest BCUT2D eigenvalue weighted by molar-refractivity contribution is 0.0695. The van der Waals surface area contributed by atoms with Crippen LogP contribution in [0.4, 0.5) is 0 Å². The van der Waals surface area contributed by atoms with Crippen molar-refractivity contribution >= 4 is 17.6 Å². The number of benzene rings is 1. The quantitative estimate of drug-likeness (QED) is 0.932. The second kappa shape index (κ2) is 5.45. The maximum absolute atomic E-state index is 11.2. The minimum atomic E-state index is -0.939. The standard InChI is InChI=1S/C14H15ClN2O2/c1-9(2)13-12(14(18)19)7-16-17(13)8-10-3-5-11(15)6-4-10/h3-7,9H,8H2,1-2H3,(H,18,19). The summed E-state index contributed by atoms with van der Waals surface area (Å²) in [7, 11) is 0. The molecule has 19 heavy (non-hydrogen) atoms. The Morgan fingerprint density at radius 1 is 1.37 bits per heavy atom. The maximum atomic E-state index is 11.2. The van der Waals surface area contributed by atoms with Crippen LogP contribution in [0.15, 0.2) is 30.5 Å². The van der Waals surface area contributed by atoms with Crippen molar-refractivity contribution < 1.29 is 9.90 Å². The van der Waals surface area contributed by atoms with Crippen molar-refractivity contribution in [3.8, 4) is 0 Å². The average Bonchev–Trinajstić information content (AvgIpc) is 2.76. The Hall–Kier alpha value is -1.81. The van der Waals surface area contributed by atoms with Crippen LogP contribution in [0, 0.1) is 0 Å². The molecule has 0 amide bonds. The summed E-state index contributed by atoms with van der Waals surface area (Å²) < 4.78 is 1.73. The first-order valence-corrected chi connectivity index (χ1v) is 6.40. The minimum absolute atomic E-state index is 0.0981. The minimum Gasteiger partial charge on any atom is -0.478 e. The molecule has 0 aliphatic rings. The number of halogens is 1. The highest BCUT2D eigenvalue weighted by Gasteiger charge is 2.19. The van der Waals surface area contributed by atoms with Crippen LogP contribution in [-0.2, 0) is 6.54 Å². The van der Waals surface area contributed by atoms with Crippen LogP contribution >= 0.6 is 11.6 Å². The lowest BCUT2D eigenvalue weighted by Gasteiger charge is -2.11. The van der Waals surface area contributed by atoms with Gasteiger partial charge in [0.15, 0.2) is 0 Å². The van der Waals surface area contributed by atoms with E-state index in [1.165, 1.54) is 6.20 Å². The SMILES string of the molecule is CC(C)c1c(C(=O)O)cnn1Cc1ccc(Cl)cc1. The highest BCUT2D eigenvalue weighted by atomic mass is 35.5. The van der Waals surface area contributed by atoms with Crippen LogP contribution in [0.25, 0.3) is 0 Å². The molecule has 5 heteroatoms. The largest absolute Gasteiger partial charge is 0.478 e. The number of carboxylic acids is 1. The zero-order valence-corrected chi connectivity index (χ0v) is 11.6. The third kappa shape index (κ3) is 2.96. The van der Waals surface area contributed by atoms with Gasteiger partial charge in [-0.2, -0.15) is 5.10 Å². The fourth-order valence-electron chi connectivity index (χ4n) is 2.06. The van der Waals surface area contributed by atoms with Crippen molar-refractivity contribution in [3.63, 3.8) is 0 Å². The first-order chi connectivity index (χ1) is 8.99. The molecule has 0 radical (unpaired) electrons. The van der Waals surface area contributed by atoms with E-state index in [4.69, 9.17) is 16.7 Å². The summed E-state index contributed by atoms with van der Waals surface area (Å²) in [4.78, 5) is 11.2. The molecule has 0 spiro atoms. The van der Waals surface area contributed by atoms with Crippen molar-refractivity contribution in [1.82, 2.24) is 9.78 Å². The molecular formula is C14H15ClN2O2. The van der Waals surface area contributed by atoms with Crippen LogP contribution in [-0.4, -0.2) is 20.9 Å². The third-order valence-electron chi connectivity index (χ3n) is 2.90. The Morgan fingerprint density at radius 3 is 2.53 bits per heavy atom. The van der Waals surface area contributed by atoms with Gasteiger partial charge in [-0.3, -0.25) is 4.68 Å². The van der Waals surface area contributed by atoms with E-state index in [1.54, 1.807) is 4.68 Å². The predicted octanol–water partition coefficient (Wildman–Crippen LogP) is 3.41. The summed E-state index contributed by atoms with van der Waals surface area (Å²) in [6.45, 7) is 4.46. The summed E-state index contributed by atoms with van der Waals surface area (Å²) in [5.74, 6) is -0.841. The molecule has 0 bridgehead atoms. The molecule has 100 valence electrons. The number of aromatic carboxylic acids is 1. The van der Waals surface area contributed by atoms with Gasteiger partial charge in [0, 0.05) is 5.02 Å². The van der Waals surface area contributed by atoms with Gasteiger partial charge in [0.25, 0.3) is 0 Å². The number of hydrogen-bond donors (Lipinski definition) is 1. The summed E-state index contributed by atoms with van der Waals surface area (Å²) in [6.07, 6.45) is 1.41. The molecule has 2 aromatic rings. The van der Waals surface area contributed by atoms with Crippen molar-refractivity contribution in [2.75, 3.05) is 0 Å². The maximum Gasteiger partial charge on any atom is 0.339 e. The second-order valence-electron chi connectivity index (χ2n) is 4.69. The third-order valence-corrected chi connectivity index (χ3v) is 3.16. The van der Waals surface area contributed by atoms with E-state index in [2.05, 4.69) is 5.10 Å². The van der Waals surface area contributed by atoms with Crippen LogP contribution < -0.4 is 0 Å². The highest BCUT2D eigenvalue weighted by molar-refractivity contribution is 6.30. The van der Waals surface area contributed by atoms with Crippen molar-refractivity contribution in [2.45, 2.75) is 26.3 Å². The monoisotopic (exact) mass is 278 g/mol. The first-order valence-electron chi connectivity index (χ1n) is 6.02. The Labute approximate surface area is 116 Å². The van der Waals surface area contributed by atoms with E-state index in [1.807, 2.05) is 38.1 Å². The Morgan fingerprint density at radius 2 is 2.00 bits per heavy atom. The molecular weight excluding hydrogens is 264 g/mol. The summed E-state index contributed by atoms with van der Waals surface area (Å²) in [5.41, 5.74) is 2.04. The van der Waals surface area contributed by atoms with Gasteiger partial charge in [-0.1, -0.05) is 37.6 Å². The summed E-state index contributed by atoms with van der Waals surface area (Å²) >= 11 is 5.84. The smallest absolute Gasteiger partial charge is 0.339 e. The number of hydrogen-bond acceptors (Lipinski definition) is 2. The zero-order valence-electron chi connectivity index (χ0n) is 10.8. The number of aromatic nitrogens is 2. The van der Waals surface area contributed by atoms with Crippen LogP contribution in [0.5, 0.6) is 0 Å². The molecule has 0 unspecified atom stereocenters. The molecule has 1 heterocycles. The normalized spacial score (nSPS) is 10.9.